The van der Waals surface area contributed by atoms with E-state index in [1.54, 1.807) is 0 Å². The van der Waals surface area contributed by atoms with Gasteiger partial charge < -0.3 is 10.2 Å². The monoisotopic (exact) mass is 275 g/mol. The number of amides is 1. The lowest BCUT2D eigenvalue weighted by Gasteiger charge is -2.21. The van der Waals surface area contributed by atoms with Gasteiger partial charge in [-0.2, -0.15) is 0 Å². The highest BCUT2D eigenvalue weighted by Gasteiger charge is 2.16. The third kappa shape index (κ3) is 4.34. The Balaban J connectivity index is 1.89. The highest BCUT2D eigenvalue weighted by atomic mass is 16.2. The molecule has 1 aromatic rings. The lowest BCUT2D eigenvalue weighted by molar-refractivity contribution is -0.892. The van der Waals surface area contributed by atoms with Crippen LogP contribution in [0.5, 0.6) is 0 Å². The smallest absolute Gasteiger partial charge is 0.279 e. The maximum Gasteiger partial charge on any atom is 0.279 e. The van der Waals surface area contributed by atoms with Gasteiger partial charge in [0.15, 0.2) is 6.54 Å². The number of carbonyl (C=O) groups excluding carboxylic acids is 1. The quantitative estimate of drug-likeness (QED) is 0.870. The Morgan fingerprint density at radius 3 is 2.45 bits per heavy atom. The van der Waals surface area contributed by atoms with Crippen molar-refractivity contribution in [3.63, 3.8) is 0 Å². The summed E-state index contributed by atoms with van der Waals surface area (Å²) in [6, 6.07) is 6.07. The van der Waals surface area contributed by atoms with Crippen LogP contribution in [0.2, 0.25) is 0 Å². The van der Waals surface area contributed by atoms with Crippen LogP contribution in [0, 0.1) is 13.8 Å². The normalized spacial score (nSPS) is 17.3. The molecule has 0 atom stereocenters. The van der Waals surface area contributed by atoms with Crippen molar-refractivity contribution in [2.24, 2.45) is 0 Å². The van der Waals surface area contributed by atoms with Gasteiger partial charge in [-0.25, -0.2) is 0 Å². The minimum atomic E-state index is 0.147. The maximum atomic E-state index is 12.2. The fourth-order valence-corrected chi connectivity index (χ4v) is 2.89. The standard InChI is InChI=1S/C17H26N2O/c1-14-9-8-10-16(15(14)2)18-17(20)13-19-11-6-4-3-5-7-12-19/h8-10H,3-7,11-13H2,1-2H3,(H,18,20)/p+1. The minimum Gasteiger partial charge on any atom is -0.327 e. The van der Waals surface area contributed by atoms with Crippen LogP contribution in [-0.4, -0.2) is 25.5 Å². The Morgan fingerprint density at radius 2 is 1.75 bits per heavy atom. The molecular weight excluding hydrogens is 248 g/mol. The summed E-state index contributed by atoms with van der Waals surface area (Å²) in [5.74, 6) is 0.147. The Bertz CT molecular complexity index is 448. The molecule has 0 aliphatic carbocycles. The van der Waals surface area contributed by atoms with E-state index in [-0.39, 0.29) is 5.91 Å². The van der Waals surface area contributed by atoms with Gasteiger partial charge in [0.2, 0.25) is 0 Å². The van der Waals surface area contributed by atoms with E-state index in [0.29, 0.717) is 6.54 Å². The van der Waals surface area contributed by atoms with Crippen LogP contribution in [0.3, 0.4) is 0 Å². The van der Waals surface area contributed by atoms with E-state index in [1.165, 1.54) is 48.1 Å². The fourth-order valence-electron chi connectivity index (χ4n) is 2.89. The van der Waals surface area contributed by atoms with Crippen LogP contribution in [0.1, 0.15) is 43.2 Å². The molecule has 1 amide bonds. The van der Waals surface area contributed by atoms with Gasteiger partial charge in [-0.1, -0.05) is 18.6 Å². The molecule has 1 heterocycles. The van der Waals surface area contributed by atoms with Crippen LogP contribution in [-0.2, 0) is 4.79 Å². The molecule has 0 saturated carbocycles. The molecule has 1 saturated heterocycles. The Morgan fingerprint density at radius 1 is 1.10 bits per heavy atom. The summed E-state index contributed by atoms with van der Waals surface area (Å²) >= 11 is 0. The Hall–Kier alpha value is -1.35. The highest BCUT2D eigenvalue weighted by Crippen LogP contribution is 2.17. The molecule has 0 radical (unpaired) electrons. The fraction of sp³-hybridized carbons (Fsp3) is 0.588. The zero-order chi connectivity index (χ0) is 14.4. The summed E-state index contributed by atoms with van der Waals surface area (Å²) in [5.41, 5.74) is 3.35. The van der Waals surface area contributed by atoms with E-state index in [4.69, 9.17) is 0 Å². The van der Waals surface area contributed by atoms with Crippen molar-refractivity contribution < 1.29 is 9.69 Å². The second kappa shape index (κ2) is 7.44. The predicted molar refractivity (Wildman–Crippen MR) is 83.2 cm³/mol. The van der Waals surface area contributed by atoms with Crippen molar-refractivity contribution in [3.8, 4) is 0 Å². The van der Waals surface area contributed by atoms with E-state index < -0.39 is 0 Å². The van der Waals surface area contributed by atoms with Gasteiger partial charge in [0.1, 0.15) is 0 Å². The zero-order valence-electron chi connectivity index (χ0n) is 12.8. The van der Waals surface area contributed by atoms with Gasteiger partial charge in [0, 0.05) is 5.69 Å². The van der Waals surface area contributed by atoms with E-state index in [0.717, 1.165) is 18.8 Å². The average Bonchev–Trinajstić information content (AvgIpc) is 2.38. The summed E-state index contributed by atoms with van der Waals surface area (Å²) in [7, 11) is 0. The third-order valence-electron chi connectivity index (χ3n) is 4.35. The first-order valence-corrected chi connectivity index (χ1v) is 7.86. The molecule has 2 N–H and O–H groups in total. The van der Waals surface area contributed by atoms with Gasteiger partial charge in [-0.3, -0.25) is 4.79 Å². The molecule has 1 fully saturated rings. The number of hydrogen-bond donors (Lipinski definition) is 2. The second-order valence-electron chi connectivity index (χ2n) is 5.99. The summed E-state index contributed by atoms with van der Waals surface area (Å²) < 4.78 is 0. The van der Waals surface area contributed by atoms with Gasteiger partial charge in [0.05, 0.1) is 13.1 Å². The minimum absolute atomic E-state index is 0.147. The first-order chi connectivity index (χ1) is 9.66. The first kappa shape index (κ1) is 15.0. The lowest BCUT2D eigenvalue weighted by Crippen LogP contribution is -3.13. The number of carbonyl (C=O) groups is 1. The number of likely N-dealkylation sites (tertiary alicyclic amines) is 1. The summed E-state index contributed by atoms with van der Waals surface area (Å²) in [6.45, 7) is 7.02. The molecule has 1 aliphatic rings. The van der Waals surface area contributed by atoms with Crippen LogP contribution in [0.25, 0.3) is 0 Å². The maximum absolute atomic E-state index is 12.2. The molecule has 0 spiro atoms. The highest BCUT2D eigenvalue weighted by molar-refractivity contribution is 5.92. The van der Waals surface area contributed by atoms with Crippen LogP contribution >= 0.6 is 0 Å². The number of anilines is 1. The van der Waals surface area contributed by atoms with Gasteiger partial charge in [0.25, 0.3) is 5.91 Å². The van der Waals surface area contributed by atoms with Crippen LogP contribution < -0.4 is 10.2 Å². The number of aryl methyl sites for hydroxylation is 1. The topological polar surface area (TPSA) is 33.5 Å². The third-order valence-corrected chi connectivity index (χ3v) is 4.35. The first-order valence-electron chi connectivity index (χ1n) is 7.86. The molecule has 0 aromatic heterocycles. The van der Waals surface area contributed by atoms with Crippen molar-refractivity contribution in [2.75, 3.05) is 25.0 Å². The van der Waals surface area contributed by atoms with Gasteiger partial charge in [-0.05, 0) is 56.7 Å². The molecule has 1 aromatic carbocycles. The summed E-state index contributed by atoms with van der Waals surface area (Å²) in [5, 5.41) is 3.07. The number of hydrogen-bond acceptors (Lipinski definition) is 1. The van der Waals surface area contributed by atoms with Crippen molar-refractivity contribution >= 4 is 11.6 Å². The summed E-state index contributed by atoms with van der Waals surface area (Å²) in [4.78, 5) is 13.6. The van der Waals surface area contributed by atoms with E-state index in [2.05, 4.69) is 25.2 Å². The lowest BCUT2D eigenvalue weighted by atomic mass is 10.1. The number of nitrogens with one attached hydrogen (secondary N) is 2. The second-order valence-corrected chi connectivity index (χ2v) is 5.99. The molecular formula is C17H27N2O+. The van der Waals surface area contributed by atoms with Crippen LogP contribution in [0.4, 0.5) is 5.69 Å². The predicted octanol–water partition coefficient (Wildman–Crippen LogP) is 2.09. The number of benzene rings is 1. The van der Waals surface area contributed by atoms with E-state index >= 15 is 0 Å². The summed E-state index contributed by atoms with van der Waals surface area (Å²) in [6.07, 6.45) is 6.52. The van der Waals surface area contributed by atoms with Gasteiger partial charge >= 0.3 is 0 Å². The van der Waals surface area contributed by atoms with Crippen molar-refractivity contribution in [2.45, 2.75) is 46.0 Å². The number of quaternary nitrogens is 1. The molecule has 110 valence electrons. The van der Waals surface area contributed by atoms with Crippen LogP contribution in [0.15, 0.2) is 18.2 Å². The largest absolute Gasteiger partial charge is 0.327 e. The zero-order valence-corrected chi connectivity index (χ0v) is 12.8. The number of rotatable bonds is 3. The molecule has 1 aliphatic heterocycles. The Labute approximate surface area is 122 Å². The SMILES string of the molecule is Cc1cccc(NC(=O)C[NH+]2CCCCCCC2)c1C. The molecule has 3 heteroatoms. The average molecular weight is 275 g/mol. The molecule has 3 nitrogen and oxygen atoms in total. The molecule has 20 heavy (non-hydrogen) atoms. The van der Waals surface area contributed by atoms with Gasteiger partial charge in [-0.15, -0.1) is 0 Å². The van der Waals surface area contributed by atoms with Crippen molar-refractivity contribution in [1.82, 2.24) is 0 Å². The molecule has 0 bridgehead atoms. The van der Waals surface area contributed by atoms with E-state index in [1.807, 2.05) is 12.1 Å². The molecule has 0 unspecified atom stereocenters. The van der Waals surface area contributed by atoms with Crippen molar-refractivity contribution in [1.29, 1.82) is 0 Å². The molecule has 2 rings (SSSR count). The Kier molecular flexibility index (Phi) is 5.60. The van der Waals surface area contributed by atoms with Crippen molar-refractivity contribution in [3.05, 3.63) is 29.3 Å². The van der Waals surface area contributed by atoms with E-state index in [9.17, 15) is 4.79 Å².